The Morgan fingerprint density at radius 1 is 0.500 bits per heavy atom. The van der Waals surface area contributed by atoms with Gasteiger partial charge in [-0.3, -0.25) is 9.36 Å². The summed E-state index contributed by atoms with van der Waals surface area (Å²) in [6.07, 6.45) is 43.6. The van der Waals surface area contributed by atoms with Gasteiger partial charge in [-0.2, -0.15) is 0 Å². The molecule has 1 heterocycles. The molecule has 5 heteroatoms. The summed E-state index contributed by atoms with van der Waals surface area (Å²) >= 11 is 0. The van der Waals surface area contributed by atoms with Crippen LogP contribution in [0.5, 0.6) is 0 Å². The summed E-state index contributed by atoms with van der Waals surface area (Å²) in [5, 5.41) is 0. The molecule has 0 unspecified atom stereocenters. The van der Waals surface area contributed by atoms with Crippen molar-refractivity contribution >= 4 is 7.26 Å². The van der Waals surface area contributed by atoms with Crippen molar-refractivity contribution in [2.24, 2.45) is 7.05 Å². The number of H-pyrrole nitrogens is 1. The minimum absolute atomic E-state index is 0.293. The number of nitrogens with zero attached hydrogens (tertiary/aromatic N) is 1. The maximum atomic E-state index is 10.6. The summed E-state index contributed by atoms with van der Waals surface area (Å²) in [7, 11) is 0.375. The minimum Gasteiger partial charge on any atom is -0.314 e. The van der Waals surface area contributed by atoms with Crippen molar-refractivity contribution in [1.29, 1.82) is 0 Å². The molecule has 0 fully saturated rings. The molecule has 0 aliphatic carbocycles. The molecule has 0 atom stereocenters. The summed E-state index contributed by atoms with van der Waals surface area (Å²) < 4.78 is 1.00. The minimum atomic E-state index is -1.04. The van der Waals surface area contributed by atoms with Gasteiger partial charge in [0.25, 0.3) is 5.56 Å². The first kappa shape index (κ1) is 41.1. The molecule has 0 bridgehead atoms. The Bertz CT molecular complexity index is 744. The second kappa shape index (κ2) is 30.1. The van der Waals surface area contributed by atoms with Crippen LogP contribution >= 0.6 is 7.26 Å². The fourth-order valence-electron chi connectivity index (χ4n) is 6.36. The van der Waals surface area contributed by atoms with E-state index in [2.05, 4.69) is 32.7 Å². The molecule has 0 saturated carbocycles. The third kappa shape index (κ3) is 23.6. The van der Waals surface area contributed by atoms with E-state index >= 15 is 0 Å². The summed E-state index contributed by atoms with van der Waals surface area (Å²) in [5.74, 6) is 0. The molecule has 0 aliphatic heterocycles. The van der Waals surface area contributed by atoms with Crippen LogP contribution in [0.3, 0.4) is 0 Å². The first-order chi connectivity index (χ1) is 20.5. The maximum absolute atomic E-state index is 10.6. The van der Waals surface area contributed by atoms with Gasteiger partial charge in [-0.25, -0.2) is 4.79 Å². The van der Waals surface area contributed by atoms with Gasteiger partial charge in [0.05, 0.1) is 0 Å². The molecule has 0 aliphatic rings. The maximum Gasteiger partial charge on any atom is 0.328 e. The third-order valence-electron chi connectivity index (χ3n) is 9.31. The van der Waals surface area contributed by atoms with E-state index in [0.717, 1.165) is 4.57 Å². The van der Waals surface area contributed by atoms with E-state index in [9.17, 15) is 9.59 Å². The van der Waals surface area contributed by atoms with Crippen molar-refractivity contribution in [3.05, 3.63) is 33.1 Å². The molecule has 4 nitrogen and oxygen atoms in total. The van der Waals surface area contributed by atoms with Crippen molar-refractivity contribution in [2.45, 2.75) is 182 Å². The molecular weight excluding hydrogens is 535 g/mol. The van der Waals surface area contributed by atoms with Crippen LogP contribution < -0.4 is 11.2 Å². The summed E-state index contributed by atoms with van der Waals surface area (Å²) in [6, 6.07) is 1.29. The van der Waals surface area contributed by atoms with Crippen LogP contribution in [-0.4, -0.2) is 34.2 Å². The Morgan fingerprint density at radius 2 is 0.786 bits per heavy atom. The zero-order valence-corrected chi connectivity index (χ0v) is 30.2. The summed E-state index contributed by atoms with van der Waals surface area (Å²) in [6.45, 7) is 9.42. The van der Waals surface area contributed by atoms with Gasteiger partial charge in [0.2, 0.25) is 0 Å². The van der Waals surface area contributed by atoms with E-state index in [-0.39, 0.29) is 11.2 Å². The van der Waals surface area contributed by atoms with Gasteiger partial charge >= 0.3 is 206 Å². The number of aromatic amines is 1. The Balaban J connectivity index is 0.00000157. The molecule has 250 valence electrons. The predicted molar refractivity (Wildman–Crippen MR) is 194 cm³/mol. The van der Waals surface area contributed by atoms with E-state index in [1.54, 1.807) is 50.3 Å². The van der Waals surface area contributed by atoms with Gasteiger partial charge in [0.15, 0.2) is 0 Å². The average molecular weight is 611 g/mol. The van der Waals surface area contributed by atoms with E-state index in [0.29, 0.717) is 0 Å². The van der Waals surface area contributed by atoms with Crippen LogP contribution in [0.25, 0.3) is 0 Å². The first-order valence-electron chi connectivity index (χ1n) is 18.7. The Labute approximate surface area is 263 Å². The van der Waals surface area contributed by atoms with Crippen molar-refractivity contribution in [3.8, 4) is 0 Å². The molecule has 0 aromatic carbocycles. The number of rotatable bonds is 28. The number of unbranched alkanes of at least 4 members (excludes halogenated alkanes) is 20. The zero-order valence-electron chi connectivity index (χ0n) is 29.2. The normalized spacial score (nSPS) is 11.8. The molecule has 1 aromatic heterocycles. The van der Waals surface area contributed by atoms with Crippen molar-refractivity contribution < 1.29 is 0 Å². The Morgan fingerprint density at radius 3 is 1.07 bits per heavy atom. The molecular formula is C37H75N2O2P. The van der Waals surface area contributed by atoms with E-state index in [1.807, 2.05) is 0 Å². The SMILES string of the molecule is CCCCCCCCCCCCCC[PH](CCCCCC)(CCCCCC)CCCCCC.Cn1c(=O)cc[nH]c1=O. The fraction of sp³-hybridized carbons (Fsp3) is 0.892. The van der Waals surface area contributed by atoms with Crippen LogP contribution in [0.15, 0.2) is 21.9 Å². The number of aromatic nitrogens is 2. The molecule has 42 heavy (non-hydrogen) atoms. The monoisotopic (exact) mass is 611 g/mol. The average Bonchev–Trinajstić information content (AvgIpc) is 2.99. The van der Waals surface area contributed by atoms with Crippen LogP contribution in [0.1, 0.15) is 182 Å². The van der Waals surface area contributed by atoms with E-state index < -0.39 is 7.26 Å². The molecule has 1 N–H and O–H groups in total. The van der Waals surface area contributed by atoms with Crippen LogP contribution in [-0.2, 0) is 7.05 Å². The van der Waals surface area contributed by atoms with Gasteiger partial charge in [0.1, 0.15) is 0 Å². The Hall–Kier alpha value is -0.890. The zero-order chi connectivity index (χ0) is 31.2. The standard InChI is InChI=1S/C32H69P.C5H6N2O2/c1-5-9-13-17-18-19-20-21-22-23-24-28-32-33(29-25-14-10-6-2,30-26-15-11-7-3)31-27-16-12-8-4;1-7-4(8)2-3-6-5(7)9/h33H,5-32H2,1-4H3;2-3H,1H3,(H,6,9). The van der Waals surface area contributed by atoms with Crippen molar-refractivity contribution in [2.75, 3.05) is 24.6 Å². The first-order valence-corrected chi connectivity index (χ1v) is 21.5. The quantitative estimate of drug-likeness (QED) is 0.0758. The van der Waals surface area contributed by atoms with Crippen LogP contribution in [0.2, 0.25) is 0 Å². The largest absolute Gasteiger partial charge is 0.328 e. The van der Waals surface area contributed by atoms with Crippen molar-refractivity contribution in [1.82, 2.24) is 9.55 Å². The number of nitrogens with one attached hydrogen (secondary N) is 1. The number of hydrogen-bond acceptors (Lipinski definition) is 2. The Kier molecular flexibility index (Phi) is 29.5. The van der Waals surface area contributed by atoms with Gasteiger partial charge in [-0.05, 0) is 0 Å². The third-order valence-corrected chi connectivity index (χ3v) is 15.0. The van der Waals surface area contributed by atoms with Gasteiger partial charge in [0, 0.05) is 19.3 Å². The second-order valence-corrected chi connectivity index (χ2v) is 18.3. The number of hydrogen-bond donors (Lipinski definition) is 1. The van der Waals surface area contributed by atoms with Gasteiger partial charge in [-0.15, -0.1) is 0 Å². The smallest absolute Gasteiger partial charge is 0.314 e. The fourth-order valence-corrected chi connectivity index (χ4v) is 11.9. The second-order valence-electron chi connectivity index (χ2n) is 13.3. The van der Waals surface area contributed by atoms with Crippen LogP contribution in [0, 0.1) is 0 Å². The molecule has 1 aromatic rings. The van der Waals surface area contributed by atoms with E-state index in [1.165, 1.54) is 148 Å². The van der Waals surface area contributed by atoms with Gasteiger partial charge in [-0.1, -0.05) is 13.3 Å². The summed E-state index contributed by atoms with van der Waals surface area (Å²) in [4.78, 5) is 23.5. The molecule has 0 saturated heterocycles. The topological polar surface area (TPSA) is 54.9 Å². The molecule has 0 spiro atoms. The van der Waals surface area contributed by atoms with Crippen LogP contribution in [0.4, 0.5) is 0 Å². The molecule has 0 radical (unpaired) electrons. The van der Waals surface area contributed by atoms with E-state index in [4.69, 9.17) is 0 Å². The molecule has 0 amide bonds. The predicted octanol–water partition coefficient (Wildman–Crippen LogP) is 11.3. The van der Waals surface area contributed by atoms with Gasteiger partial charge < -0.3 is 4.98 Å². The summed E-state index contributed by atoms with van der Waals surface area (Å²) in [5.41, 5.74) is -0.679. The van der Waals surface area contributed by atoms with Crippen molar-refractivity contribution in [3.63, 3.8) is 0 Å². The molecule has 1 rings (SSSR count).